The molecule has 2 amide bonds. The smallest absolute Gasteiger partial charge is 0.387 e. The fraction of sp³-hybridized carbons (Fsp3) is 0.250. The first-order valence-corrected chi connectivity index (χ1v) is 10.00. The maximum Gasteiger partial charge on any atom is 0.387 e. The van der Waals surface area contributed by atoms with E-state index in [1.165, 1.54) is 29.5 Å². The van der Waals surface area contributed by atoms with Crippen LogP contribution in [0, 0.1) is 0 Å². The van der Waals surface area contributed by atoms with E-state index in [1.807, 2.05) is 0 Å². The second-order valence-electron chi connectivity index (χ2n) is 6.14. The third kappa shape index (κ3) is 5.57. The van der Waals surface area contributed by atoms with E-state index in [9.17, 15) is 23.2 Å². The molecule has 0 fully saturated rings. The maximum absolute atomic E-state index is 12.6. The van der Waals surface area contributed by atoms with E-state index in [4.69, 9.17) is 9.47 Å². The Morgan fingerprint density at radius 1 is 1.16 bits per heavy atom. The van der Waals surface area contributed by atoms with E-state index >= 15 is 0 Å². The molecular weight excluding hydrogens is 434 g/mol. The number of ether oxygens (including phenoxy) is 3. The standard InChI is InChI=1S/C20H18F2N2O6S/c1-2-28-18(26)15-13(23-20(27)24-16(15)14-7-4-8-31-14)10-29-17(25)11-5-3-6-12(9-11)30-19(21)22/h3-9,16,19H,2,10H2,1H3,(H2,23,24,27). The molecule has 164 valence electrons. The number of carbonyl (C=O) groups excluding carboxylic acids is 3. The minimum atomic E-state index is -3.04. The molecule has 2 heterocycles. The zero-order valence-electron chi connectivity index (χ0n) is 16.2. The number of rotatable bonds is 8. The molecule has 1 aliphatic heterocycles. The number of hydrogen-bond donors (Lipinski definition) is 2. The first kappa shape index (κ1) is 22.2. The van der Waals surface area contributed by atoms with Crippen molar-refractivity contribution < 1.29 is 37.4 Å². The van der Waals surface area contributed by atoms with E-state index in [0.717, 1.165) is 6.07 Å². The first-order valence-electron chi connectivity index (χ1n) is 9.12. The van der Waals surface area contributed by atoms with Crippen molar-refractivity contribution in [3.05, 3.63) is 63.5 Å². The van der Waals surface area contributed by atoms with Gasteiger partial charge in [0.15, 0.2) is 0 Å². The molecule has 1 aliphatic rings. The van der Waals surface area contributed by atoms with Crippen molar-refractivity contribution in [2.45, 2.75) is 19.6 Å². The summed E-state index contributed by atoms with van der Waals surface area (Å²) in [6.45, 7) is -1.73. The molecule has 0 aliphatic carbocycles. The quantitative estimate of drug-likeness (QED) is 0.596. The van der Waals surface area contributed by atoms with Gasteiger partial charge in [-0.3, -0.25) is 0 Å². The van der Waals surface area contributed by atoms with Gasteiger partial charge in [-0.25, -0.2) is 14.4 Å². The van der Waals surface area contributed by atoms with Gasteiger partial charge in [-0.05, 0) is 36.6 Å². The third-order valence-corrected chi connectivity index (χ3v) is 5.06. The lowest BCUT2D eigenvalue weighted by Gasteiger charge is -2.28. The van der Waals surface area contributed by atoms with E-state index in [2.05, 4.69) is 15.4 Å². The van der Waals surface area contributed by atoms with Crippen molar-refractivity contribution in [2.24, 2.45) is 0 Å². The normalized spacial score (nSPS) is 15.9. The van der Waals surface area contributed by atoms with E-state index in [-0.39, 0.29) is 29.2 Å². The van der Waals surface area contributed by atoms with Crippen LogP contribution in [-0.4, -0.2) is 37.8 Å². The molecule has 3 rings (SSSR count). The van der Waals surface area contributed by atoms with Crippen LogP contribution in [0.4, 0.5) is 13.6 Å². The molecule has 0 saturated heterocycles. The van der Waals surface area contributed by atoms with Crippen LogP contribution in [0.1, 0.15) is 28.2 Å². The minimum absolute atomic E-state index is 0.0356. The summed E-state index contributed by atoms with van der Waals surface area (Å²) in [5, 5.41) is 6.92. The van der Waals surface area contributed by atoms with Crippen molar-refractivity contribution in [2.75, 3.05) is 13.2 Å². The Labute approximate surface area is 179 Å². The lowest BCUT2D eigenvalue weighted by atomic mass is 10.0. The van der Waals surface area contributed by atoms with Crippen molar-refractivity contribution >= 4 is 29.3 Å². The number of carbonyl (C=O) groups is 3. The molecular formula is C20H18F2N2O6S. The van der Waals surface area contributed by atoms with Crippen LogP contribution in [0.15, 0.2) is 53.0 Å². The fourth-order valence-corrected chi connectivity index (χ4v) is 3.66. The molecule has 2 N–H and O–H groups in total. The Kier molecular flexibility index (Phi) is 7.19. The average Bonchev–Trinajstić information content (AvgIpc) is 3.26. The molecule has 0 saturated carbocycles. The van der Waals surface area contributed by atoms with Crippen molar-refractivity contribution in [1.29, 1.82) is 0 Å². The second-order valence-corrected chi connectivity index (χ2v) is 7.12. The van der Waals surface area contributed by atoms with Gasteiger partial charge in [0.2, 0.25) is 0 Å². The monoisotopic (exact) mass is 452 g/mol. The second kappa shape index (κ2) is 10.0. The number of alkyl halides is 2. The van der Waals surface area contributed by atoms with Gasteiger partial charge in [0.25, 0.3) is 0 Å². The topological polar surface area (TPSA) is 103 Å². The van der Waals surface area contributed by atoms with Crippen LogP contribution in [0.5, 0.6) is 5.75 Å². The highest BCUT2D eigenvalue weighted by atomic mass is 32.1. The summed E-state index contributed by atoms with van der Waals surface area (Å²) in [6, 6.07) is 7.25. The number of halogens is 2. The van der Waals surface area contributed by atoms with Gasteiger partial charge in [-0.1, -0.05) is 12.1 Å². The van der Waals surface area contributed by atoms with Gasteiger partial charge in [-0.2, -0.15) is 8.78 Å². The summed E-state index contributed by atoms with van der Waals surface area (Å²) < 4.78 is 39.4. The lowest BCUT2D eigenvalue weighted by molar-refractivity contribution is -0.139. The molecule has 1 aromatic carbocycles. The Bertz CT molecular complexity index is 993. The third-order valence-electron chi connectivity index (χ3n) is 4.12. The number of benzene rings is 1. The van der Waals surface area contributed by atoms with Gasteiger partial charge in [0.05, 0.1) is 29.5 Å². The van der Waals surface area contributed by atoms with Gasteiger partial charge < -0.3 is 24.8 Å². The number of hydrogen-bond acceptors (Lipinski definition) is 7. The van der Waals surface area contributed by atoms with Crippen LogP contribution in [0.2, 0.25) is 0 Å². The average molecular weight is 452 g/mol. The molecule has 0 radical (unpaired) electrons. The highest BCUT2D eigenvalue weighted by Crippen LogP contribution is 2.30. The van der Waals surface area contributed by atoms with Crippen molar-refractivity contribution in [1.82, 2.24) is 10.6 Å². The van der Waals surface area contributed by atoms with E-state index < -0.39 is 37.2 Å². The van der Waals surface area contributed by atoms with Gasteiger partial charge >= 0.3 is 24.6 Å². The summed E-state index contributed by atoms with van der Waals surface area (Å²) >= 11 is 1.33. The van der Waals surface area contributed by atoms with Gasteiger partial charge in [0.1, 0.15) is 12.4 Å². The number of amides is 2. The van der Waals surface area contributed by atoms with Crippen LogP contribution in [0.25, 0.3) is 0 Å². The summed E-state index contributed by atoms with van der Waals surface area (Å²) in [5.74, 6) is -1.73. The Morgan fingerprint density at radius 3 is 2.65 bits per heavy atom. The van der Waals surface area contributed by atoms with E-state index in [0.29, 0.717) is 4.88 Å². The van der Waals surface area contributed by atoms with Crippen LogP contribution in [0.3, 0.4) is 0 Å². The van der Waals surface area contributed by atoms with Crippen LogP contribution in [-0.2, 0) is 14.3 Å². The SMILES string of the molecule is CCOC(=O)C1=C(COC(=O)c2cccc(OC(F)F)c2)NC(=O)NC1c1cccs1. The summed E-state index contributed by atoms with van der Waals surface area (Å²) in [5.41, 5.74) is 0.131. The Hall–Kier alpha value is -3.47. The summed E-state index contributed by atoms with van der Waals surface area (Å²) in [7, 11) is 0. The number of thiophene rings is 1. The summed E-state index contributed by atoms with van der Waals surface area (Å²) in [6.07, 6.45) is 0. The zero-order valence-corrected chi connectivity index (χ0v) is 17.0. The predicted molar refractivity (Wildman–Crippen MR) is 106 cm³/mol. The molecule has 8 nitrogen and oxygen atoms in total. The predicted octanol–water partition coefficient (Wildman–Crippen LogP) is 3.38. The first-order chi connectivity index (χ1) is 14.9. The lowest BCUT2D eigenvalue weighted by Crippen LogP contribution is -2.46. The molecule has 1 atom stereocenters. The number of urea groups is 1. The Morgan fingerprint density at radius 2 is 1.97 bits per heavy atom. The molecule has 31 heavy (non-hydrogen) atoms. The molecule has 1 aromatic heterocycles. The Balaban J connectivity index is 1.84. The molecule has 1 unspecified atom stereocenters. The highest BCUT2D eigenvalue weighted by molar-refractivity contribution is 7.10. The largest absolute Gasteiger partial charge is 0.463 e. The summed E-state index contributed by atoms with van der Waals surface area (Å²) in [4.78, 5) is 37.8. The van der Waals surface area contributed by atoms with Crippen LogP contribution >= 0.6 is 11.3 Å². The van der Waals surface area contributed by atoms with Gasteiger partial charge in [-0.15, -0.1) is 11.3 Å². The number of nitrogens with one attached hydrogen (secondary N) is 2. The van der Waals surface area contributed by atoms with Crippen LogP contribution < -0.4 is 15.4 Å². The molecule has 0 bridgehead atoms. The highest BCUT2D eigenvalue weighted by Gasteiger charge is 2.34. The zero-order chi connectivity index (χ0) is 22.4. The van der Waals surface area contributed by atoms with Crippen molar-refractivity contribution in [3.63, 3.8) is 0 Å². The van der Waals surface area contributed by atoms with E-state index in [1.54, 1.807) is 24.4 Å². The molecule has 11 heteroatoms. The minimum Gasteiger partial charge on any atom is -0.463 e. The number of esters is 2. The molecule has 2 aromatic rings. The maximum atomic E-state index is 12.6. The van der Waals surface area contributed by atoms with Gasteiger partial charge in [0, 0.05) is 4.88 Å². The molecule has 0 spiro atoms. The van der Waals surface area contributed by atoms with Crippen molar-refractivity contribution in [3.8, 4) is 5.75 Å². The fourth-order valence-electron chi connectivity index (χ4n) is 2.87.